The molecule has 1 aliphatic carbocycles. The van der Waals surface area contributed by atoms with Gasteiger partial charge in [0.15, 0.2) is 0 Å². The first kappa shape index (κ1) is 20.5. The second kappa shape index (κ2) is 7.92. The summed E-state index contributed by atoms with van der Waals surface area (Å²) in [5.41, 5.74) is 3.35. The van der Waals surface area contributed by atoms with E-state index in [0.29, 0.717) is 29.5 Å². The minimum atomic E-state index is -0.469. The molecule has 3 aromatic rings. The molecule has 1 N–H and O–H groups in total. The maximum Gasteiger partial charge on any atom is 0.252 e. The number of carbonyl (C=O) groups excluding carboxylic acids is 1. The number of fused-ring (bicyclic) bond motifs is 1. The molecule has 162 valence electrons. The first-order chi connectivity index (χ1) is 15.5. The topological polar surface area (TPSA) is 78.2 Å². The van der Waals surface area contributed by atoms with Gasteiger partial charge in [0, 0.05) is 23.2 Å². The van der Waals surface area contributed by atoms with E-state index in [4.69, 9.17) is 4.74 Å². The Balaban J connectivity index is 1.40. The number of ether oxygens (including phenoxy) is 1. The number of likely N-dealkylation sites (tertiary alicyclic amines) is 1. The van der Waals surface area contributed by atoms with Crippen molar-refractivity contribution < 1.29 is 9.53 Å². The van der Waals surface area contributed by atoms with Gasteiger partial charge >= 0.3 is 0 Å². The Kier molecular flexibility index (Phi) is 5.07. The minimum Gasteiger partial charge on any atom is -0.492 e. The lowest BCUT2D eigenvalue weighted by atomic mass is 9.96. The predicted octanol–water partition coefficient (Wildman–Crippen LogP) is 3.92. The Labute approximate surface area is 187 Å². The molecule has 6 nitrogen and oxygen atoms in total. The van der Waals surface area contributed by atoms with Crippen LogP contribution < -0.4 is 10.1 Å². The molecule has 6 heteroatoms. The number of pyridine rings is 1. The SMILES string of the molecule is Cc1ccc(OC[C@@H]2CCN2C)cc1C(=O)NC1(c2cc(C#N)cc3ncccc23)CC1. The zero-order valence-corrected chi connectivity index (χ0v) is 18.4. The van der Waals surface area contributed by atoms with E-state index in [9.17, 15) is 10.1 Å². The number of nitriles is 1. The van der Waals surface area contributed by atoms with Gasteiger partial charge in [0.2, 0.25) is 0 Å². The summed E-state index contributed by atoms with van der Waals surface area (Å²) in [6, 6.07) is 15.9. The van der Waals surface area contributed by atoms with Gasteiger partial charge in [-0.1, -0.05) is 12.1 Å². The predicted molar refractivity (Wildman–Crippen MR) is 123 cm³/mol. The van der Waals surface area contributed by atoms with Gasteiger partial charge in [-0.15, -0.1) is 0 Å². The first-order valence-corrected chi connectivity index (χ1v) is 11.0. The molecule has 1 saturated carbocycles. The number of nitrogens with zero attached hydrogens (tertiary/aromatic N) is 3. The van der Waals surface area contributed by atoms with E-state index in [2.05, 4.69) is 28.3 Å². The van der Waals surface area contributed by atoms with Gasteiger partial charge < -0.3 is 10.1 Å². The van der Waals surface area contributed by atoms with Crippen LogP contribution in [0, 0.1) is 18.3 Å². The lowest BCUT2D eigenvalue weighted by Gasteiger charge is -2.37. The molecule has 0 unspecified atom stereocenters. The summed E-state index contributed by atoms with van der Waals surface area (Å²) < 4.78 is 5.98. The van der Waals surface area contributed by atoms with Crippen LogP contribution in [0.2, 0.25) is 0 Å². The van der Waals surface area contributed by atoms with E-state index in [-0.39, 0.29) is 5.91 Å². The normalized spacial score (nSPS) is 19.1. The molecule has 1 saturated heterocycles. The standard InChI is InChI=1S/C26H26N4O2/c1-17-5-6-20(32-16-19-7-11-30(19)2)14-22(17)25(31)29-26(8-9-26)23-12-18(15-27)13-24-21(23)4-3-10-28-24/h3-6,10,12-14,19H,7-9,11,16H2,1-2H3,(H,29,31)/t19-/m0/s1. The third kappa shape index (κ3) is 3.69. The van der Waals surface area contributed by atoms with Crippen molar-refractivity contribution in [1.29, 1.82) is 5.26 Å². The number of aryl methyl sites for hydroxylation is 1. The van der Waals surface area contributed by atoms with Gasteiger partial charge in [0.1, 0.15) is 12.4 Å². The van der Waals surface area contributed by atoms with Crippen molar-refractivity contribution in [3.8, 4) is 11.8 Å². The van der Waals surface area contributed by atoms with Crippen LogP contribution in [0.4, 0.5) is 0 Å². The van der Waals surface area contributed by atoms with Crippen molar-refractivity contribution >= 4 is 16.8 Å². The highest BCUT2D eigenvalue weighted by Crippen LogP contribution is 2.48. The number of carbonyl (C=O) groups is 1. The van der Waals surface area contributed by atoms with Gasteiger partial charge in [-0.3, -0.25) is 14.7 Å². The summed E-state index contributed by atoms with van der Waals surface area (Å²) in [6.07, 6.45) is 4.53. The zero-order chi connectivity index (χ0) is 22.3. The monoisotopic (exact) mass is 426 g/mol. The highest BCUT2D eigenvalue weighted by molar-refractivity contribution is 5.97. The molecular formula is C26H26N4O2. The molecule has 1 aliphatic heterocycles. The number of hydrogen-bond acceptors (Lipinski definition) is 5. The average Bonchev–Trinajstić information content (AvgIpc) is 3.58. The molecule has 0 spiro atoms. The fraction of sp³-hybridized carbons (Fsp3) is 0.346. The molecule has 0 radical (unpaired) electrons. The third-order valence-electron chi connectivity index (χ3n) is 6.80. The number of aromatic nitrogens is 1. The maximum absolute atomic E-state index is 13.3. The van der Waals surface area contributed by atoms with E-state index >= 15 is 0 Å². The average molecular weight is 427 g/mol. The van der Waals surface area contributed by atoms with E-state index < -0.39 is 5.54 Å². The summed E-state index contributed by atoms with van der Waals surface area (Å²) in [6.45, 7) is 3.67. The number of nitrogens with one attached hydrogen (secondary N) is 1. The van der Waals surface area contributed by atoms with E-state index in [1.54, 1.807) is 12.3 Å². The Morgan fingerprint density at radius 3 is 2.84 bits per heavy atom. The van der Waals surface area contributed by atoms with Crippen LogP contribution >= 0.6 is 0 Å². The molecule has 1 atom stereocenters. The van der Waals surface area contributed by atoms with E-state index in [1.807, 2.05) is 43.3 Å². The molecule has 1 aromatic heterocycles. The fourth-order valence-corrected chi connectivity index (χ4v) is 4.42. The van der Waals surface area contributed by atoms with Gasteiger partial charge in [0.05, 0.1) is 22.7 Å². The summed E-state index contributed by atoms with van der Waals surface area (Å²) in [5.74, 6) is 0.595. The van der Waals surface area contributed by atoms with Crippen LogP contribution in [0.25, 0.3) is 10.9 Å². The molecule has 32 heavy (non-hydrogen) atoms. The van der Waals surface area contributed by atoms with Gasteiger partial charge in [-0.2, -0.15) is 5.26 Å². The van der Waals surface area contributed by atoms with Crippen molar-refractivity contribution in [2.24, 2.45) is 0 Å². The summed E-state index contributed by atoms with van der Waals surface area (Å²) in [7, 11) is 2.10. The molecule has 1 amide bonds. The number of rotatable bonds is 6. The Bertz CT molecular complexity index is 1240. The molecule has 0 bridgehead atoms. The number of likely N-dealkylation sites (N-methyl/N-ethyl adjacent to an activating group) is 1. The molecule has 2 heterocycles. The third-order valence-corrected chi connectivity index (χ3v) is 6.80. The lowest BCUT2D eigenvalue weighted by Crippen LogP contribution is -2.48. The Hall–Kier alpha value is -3.43. The second-order valence-electron chi connectivity index (χ2n) is 8.95. The maximum atomic E-state index is 13.3. The van der Waals surface area contributed by atoms with Crippen molar-refractivity contribution in [3.05, 3.63) is 70.9 Å². The number of hydrogen-bond donors (Lipinski definition) is 1. The summed E-state index contributed by atoms with van der Waals surface area (Å²) in [5, 5.41) is 13.7. The highest BCUT2D eigenvalue weighted by atomic mass is 16.5. The quantitative estimate of drug-likeness (QED) is 0.646. The largest absolute Gasteiger partial charge is 0.492 e. The van der Waals surface area contributed by atoms with Crippen molar-refractivity contribution in [2.45, 2.75) is 37.8 Å². The minimum absolute atomic E-state index is 0.120. The van der Waals surface area contributed by atoms with Crippen LogP contribution in [0.3, 0.4) is 0 Å². The second-order valence-corrected chi connectivity index (χ2v) is 8.95. The lowest BCUT2D eigenvalue weighted by molar-refractivity contribution is 0.0767. The van der Waals surface area contributed by atoms with E-state index in [0.717, 1.165) is 47.8 Å². The van der Waals surface area contributed by atoms with Gasteiger partial charge in [-0.05, 0) is 81.2 Å². The van der Waals surface area contributed by atoms with Crippen LogP contribution in [-0.4, -0.2) is 42.0 Å². The molecule has 2 aliphatic rings. The smallest absolute Gasteiger partial charge is 0.252 e. The van der Waals surface area contributed by atoms with Crippen LogP contribution in [0.1, 0.15) is 46.3 Å². The zero-order valence-electron chi connectivity index (χ0n) is 18.4. The number of amides is 1. The Morgan fingerprint density at radius 1 is 1.31 bits per heavy atom. The molecule has 5 rings (SSSR count). The summed E-state index contributed by atoms with van der Waals surface area (Å²) >= 11 is 0. The summed E-state index contributed by atoms with van der Waals surface area (Å²) in [4.78, 5) is 20.0. The number of benzene rings is 2. The highest BCUT2D eigenvalue weighted by Gasteiger charge is 2.47. The Morgan fingerprint density at radius 2 is 2.16 bits per heavy atom. The first-order valence-electron chi connectivity index (χ1n) is 11.0. The van der Waals surface area contributed by atoms with Crippen LogP contribution in [0.5, 0.6) is 5.75 Å². The van der Waals surface area contributed by atoms with Crippen molar-refractivity contribution in [2.75, 3.05) is 20.2 Å². The molecule has 2 fully saturated rings. The van der Waals surface area contributed by atoms with Crippen molar-refractivity contribution in [1.82, 2.24) is 15.2 Å². The van der Waals surface area contributed by atoms with Gasteiger partial charge in [0.25, 0.3) is 5.91 Å². The van der Waals surface area contributed by atoms with Crippen LogP contribution in [0.15, 0.2) is 48.7 Å². The van der Waals surface area contributed by atoms with Gasteiger partial charge in [-0.25, -0.2) is 0 Å². The molecule has 2 aromatic carbocycles. The fourth-order valence-electron chi connectivity index (χ4n) is 4.42. The molecular weight excluding hydrogens is 400 g/mol. The van der Waals surface area contributed by atoms with E-state index in [1.165, 1.54) is 0 Å². The van der Waals surface area contributed by atoms with Crippen molar-refractivity contribution in [3.63, 3.8) is 0 Å². The van der Waals surface area contributed by atoms with Crippen LogP contribution in [-0.2, 0) is 5.54 Å².